The van der Waals surface area contributed by atoms with Crippen molar-refractivity contribution in [3.8, 4) is 0 Å². The fourth-order valence-electron chi connectivity index (χ4n) is 4.12. The number of amides is 1. The average molecular weight is 317 g/mol. The van der Waals surface area contributed by atoms with Gasteiger partial charge in [-0.1, -0.05) is 18.6 Å². The van der Waals surface area contributed by atoms with E-state index in [-0.39, 0.29) is 11.6 Å². The minimum atomic E-state index is -0.407. The second-order valence-corrected chi connectivity index (χ2v) is 6.69. The van der Waals surface area contributed by atoms with Gasteiger partial charge in [0.1, 0.15) is 5.69 Å². The van der Waals surface area contributed by atoms with Gasteiger partial charge in [0.15, 0.2) is 0 Å². The van der Waals surface area contributed by atoms with Crippen LogP contribution >= 0.6 is 0 Å². The minimum Gasteiger partial charge on any atom is -0.378 e. The van der Waals surface area contributed by atoms with Crippen molar-refractivity contribution >= 4 is 17.3 Å². The predicted molar refractivity (Wildman–Crippen MR) is 88.2 cm³/mol. The molecule has 0 heterocycles. The van der Waals surface area contributed by atoms with Gasteiger partial charge in [-0.05, 0) is 43.1 Å². The number of nitrogens with one attached hydrogen (secondary N) is 2. The molecule has 2 bridgehead atoms. The van der Waals surface area contributed by atoms with Gasteiger partial charge < -0.3 is 10.6 Å². The molecule has 23 heavy (non-hydrogen) atoms. The van der Waals surface area contributed by atoms with Crippen LogP contribution in [0.25, 0.3) is 0 Å². The maximum atomic E-state index is 12.0. The number of para-hydroxylation sites is 2. The molecule has 2 aliphatic rings. The molecule has 0 aromatic heterocycles. The number of fused-ring (bicyclic) bond motifs is 2. The van der Waals surface area contributed by atoms with E-state index in [1.54, 1.807) is 18.2 Å². The largest absolute Gasteiger partial charge is 0.378 e. The minimum absolute atomic E-state index is 0.0563. The van der Waals surface area contributed by atoms with Crippen LogP contribution in [0.4, 0.5) is 11.4 Å². The molecule has 3 rings (SSSR count). The van der Waals surface area contributed by atoms with E-state index < -0.39 is 4.92 Å². The topological polar surface area (TPSA) is 84.3 Å². The van der Waals surface area contributed by atoms with Gasteiger partial charge in [0.05, 0.1) is 4.92 Å². The van der Waals surface area contributed by atoms with Crippen LogP contribution in [0.2, 0.25) is 0 Å². The monoisotopic (exact) mass is 317 g/mol. The summed E-state index contributed by atoms with van der Waals surface area (Å²) in [7, 11) is 0. The molecule has 2 saturated carbocycles. The molecule has 0 radical (unpaired) electrons. The summed E-state index contributed by atoms with van der Waals surface area (Å²) in [6.45, 7) is 0.957. The van der Waals surface area contributed by atoms with Crippen molar-refractivity contribution in [1.82, 2.24) is 5.32 Å². The number of carbonyl (C=O) groups is 1. The maximum Gasteiger partial charge on any atom is 0.292 e. The van der Waals surface area contributed by atoms with E-state index in [1.165, 1.54) is 31.7 Å². The van der Waals surface area contributed by atoms with Crippen molar-refractivity contribution in [2.45, 2.75) is 32.1 Å². The SMILES string of the molecule is O=C(C[C@@H]1C[C@@H]2CC[C@@H]1C2)NCCNc1ccccc1[N+](=O)[O-]. The molecule has 1 aromatic rings. The molecular formula is C17H23N3O3. The molecule has 0 aliphatic heterocycles. The summed E-state index contributed by atoms with van der Waals surface area (Å²) in [5, 5.41) is 16.8. The van der Waals surface area contributed by atoms with Gasteiger partial charge in [-0.2, -0.15) is 0 Å². The van der Waals surface area contributed by atoms with Gasteiger partial charge in [-0.15, -0.1) is 0 Å². The highest BCUT2D eigenvalue weighted by Gasteiger charge is 2.39. The molecule has 2 fully saturated rings. The fourth-order valence-corrected chi connectivity index (χ4v) is 4.12. The summed E-state index contributed by atoms with van der Waals surface area (Å²) < 4.78 is 0. The average Bonchev–Trinajstić information content (AvgIpc) is 3.14. The fraction of sp³-hybridized carbons (Fsp3) is 0.588. The Labute approximate surface area is 135 Å². The lowest BCUT2D eigenvalue weighted by Crippen LogP contribution is -2.31. The van der Waals surface area contributed by atoms with Crippen LogP contribution in [0.3, 0.4) is 0 Å². The van der Waals surface area contributed by atoms with Crippen LogP contribution in [0.1, 0.15) is 32.1 Å². The van der Waals surface area contributed by atoms with Crippen molar-refractivity contribution < 1.29 is 9.72 Å². The number of anilines is 1. The van der Waals surface area contributed by atoms with Crippen LogP contribution in [0, 0.1) is 27.9 Å². The van der Waals surface area contributed by atoms with Gasteiger partial charge in [0, 0.05) is 25.6 Å². The second-order valence-electron chi connectivity index (χ2n) is 6.69. The molecule has 0 unspecified atom stereocenters. The summed E-state index contributed by atoms with van der Waals surface area (Å²) in [5.41, 5.74) is 0.542. The van der Waals surface area contributed by atoms with Gasteiger partial charge in [0.2, 0.25) is 5.91 Å². The normalized spacial score (nSPS) is 25.3. The quantitative estimate of drug-likeness (QED) is 0.460. The molecule has 1 aromatic carbocycles. The first-order valence-corrected chi connectivity index (χ1v) is 8.37. The first-order valence-electron chi connectivity index (χ1n) is 8.37. The number of rotatable bonds is 7. The maximum absolute atomic E-state index is 12.0. The van der Waals surface area contributed by atoms with Crippen LogP contribution in [0.15, 0.2) is 24.3 Å². The van der Waals surface area contributed by atoms with E-state index in [9.17, 15) is 14.9 Å². The first-order chi connectivity index (χ1) is 11.1. The van der Waals surface area contributed by atoms with Crippen molar-refractivity contribution in [1.29, 1.82) is 0 Å². The molecule has 0 saturated heterocycles. The molecule has 0 spiro atoms. The Morgan fingerprint density at radius 3 is 2.74 bits per heavy atom. The Morgan fingerprint density at radius 2 is 2.04 bits per heavy atom. The third-order valence-electron chi connectivity index (χ3n) is 5.20. The smallest absolute Gasteiger partial charge is 0.292 e. The molecule has 6 nitrogen and oxygen atoms in total. The van der Waals surface area contributed by atoms with Crippen LogP contribution in [0.5, 0.6) is 0 Å². The van der Waals surface area contributed by atoms with Gasteiger partial charge >= 0.3 is 0 Å². The Morgan fingerprint density at radius 1 is 1.22 bits per heavy atom. The van der Waals surface area contributed by atoms with E-state index in [0.717, 1.165) is 11.8 Å². The van der Waals surface area contributed by atoms with Crippen LogP contribution in [-0.4, -0.2) is 23.9 Å². The lowest BCUT2D eigenvalue weighted by Gasteiger charge is -2.20. The van der Waals surface area contributed by atoms with Crippen LogP contribution in [-0.2, 0) is 4.79 Å². The molecular weight excluding hydrogens is 294 g/mol. The molecule has 2 N–H and O–H groups in total. The summed E-state index contributed by atoms with van der Waals surface area (Å²) in [6.07, 6.45) is 5.81. The zero-order chi connectivity index (χ0) is 16.2. The standard InChI is InChI=1S/C17H23N3O3/c21-17(11-14-10-12-5-6-13(14)9-12)19-8-7-18-15-3-1-2-4-16(15)20(22)23/h1-4,12-14,18H,5-11H2,(H,19,21)/t12-,13-,14+/m1/s1. The third kappa shape index (κ3) is 3.81. The number of hydrogen-bond donors (Lipinski definition) is 2. The summed E-state index contributed by atoms with van der Waals surface area (Å²) in [4.78, 5) is 22.5. The Kier molecular flexibility index (Phi) is 4.79. The number of nitrogens with zero attached hydrogens (tertiary/aromatic N) is 1. The number of nitro benzene ring substituents is 1. The van der Waals surface area contributed by atoms with Crippen molar-refractivity contribution in [3.05, 3.63) is 34.4 Å². The Bertz CT molecular complexity index is 590. The summed E-state index contributed by atoms with van der Waals surface area (Å²) in [5.74, 6) is 2.29. The van der Waals surface area contributed by atoms with Gasteiger partial charge in [0.25, 0.3) is 5.69 Å². The lowest BCUT2D eigenvalue weighted by atomic mass is 9.86. The zero-order valence-corrected chi connectivity index (χ0v) is 13.2. The van der Waals surface area contributed by atoms with Gasteiger partial charge in [-0.3, -0.25) is 14.9 Å². The number of benzene rings is 1. The molecule has 124 valence electrons. The highest BCUT2D eigenvalue weighted by atomic mass is 16.6. The third-order valence-corrected chi connectivity index (χ3v) is 5.20. The predicted octanol–water partition coefficient (Wildman–Crippen LogP) is 2.95. The molecule has 6 heteroatoms. The van der Waals surface area contributed by atoms with E-state index >= 15 is 0 Å². The van der Waals surface area contributed by atoms with Crippen molar-refractivity contribution in [2.24, 2.45) is 17.8 Å². The number of hydrogen-bond acceptors (Lipinski definition) is 4. The Hall–Kier alpha value is -2.11. The number of carbonyl (C=O) groups excluding carboxylic acids is 1. The molecule has 1 amide bonds. The Balaban J connectivity index is 1.38. The highest BCUT2D eigenvalue weighted by molar-refractivity contribution is 5.76. The molecule has 2 aliphatic carbocycles. The molecule has 3 atom stereocenters. The van der Waals surface area contributed by atoms with Crippen molar-refractivity contribution in [3.63, 3.8) is 0 Å². The van der Waals surface area contributed by atoms with E-state index in [0.29, 0.717) is 31.1 Å². The van der Waals surface area contributed by atoms with E-state index in [4.69, 9.17) is 0 Å². The van der Waals surface area contributed by atoms with E-state index in [1.807, 2.05) is 0 Å². The van der Waals surface area contributed by atoms with E-state index in [2.05, 4.69) is 10.6 Å². The summed E-state index contributed by atoms with van der Waals surface area (Å²) in [6, 6.07) is 6.54. The van der Waals surface area contributed by atoms with Gasteiger partial charge in [-0.25, -0.2) is 0 Å². The number of nitro groups is 1. The van der Waals surface area contributed by atoms with Crippen molar-refractivity contribution in [2.75, 3.05) is 18.4 Å². The second kappa shape index (κ2) is 6.98. The highest BCUT2D eigenvalue weighted by Crippen LogP contribution is 2.49. The lowest BCUT2D eigenvalue weighted by molar-refractivity contribution is -0.384. The zero-order valence-electron chi connectivity index (χ0n) is 13.2. The first kappa shape index (κ1) is 15.8. The van der Waals surface area contributed by atoms with Crippen LogP contribution < -0.4 is 10.6 Å². The summed E-state index contributed by atoms with van der Waals surface area (Å²) >= 11 is 0.